The van der Waals surface area contributed by atoms with Crippen molar-refractivity contribution < 1.29 is 13.9 Å². The Bertz CT molecular complexity index is 912. The third-order valence-corrected chi connectivity index (χ3v) is 5.00. The summed E-state index contributed by atoms with van der Waals surface area (Å²) in [5, 5.41) is 3.26. The molecule has 0 aliphatic carbocycles. The number of thiazole rings is 1. The van der Waals surface area contributed by atoms with Crippen molar-refractivity contribution in [3.63, 3.8) is 0 Å². The second kappa shape index (κ2) is 7.06. The van der Waals surface area contributed by atoms with Crippen LogP contribution in [0.25, 0.3) is 10.2 Å². The molecule has 0 aliphatic heterocycles. The highest BCUT2D eigenvalue weighted by Gasteiger charge is 2.21. The number of benzene rings is 2. The number of hydrogen-bond acceptors (Lipinski definition) is 4. The number of amides is 2. The fourth-order valence-electron chi connectivity index (χ4n) is 2.46. The Kier molecular flexibility index (Phi) is 4.85. The summed E-state index contributed by atoms with van der Waals surface area (Å²) in [6.45, 7) is 1.78. The maximum atomic E-state index is 13.9. The first-order valence-corrected chi connectivity index (χ1v) is 8.54. The smallest absolute Gasteiger partial charge is 0.323 e. The molecule has 1 aromatic heterocycles. The van der Waals surface area contributed by atoms with Gasteiger partial charge in [0.2, 0.25) is 0 Å². The minimum Gasteiger partial charge on any atom is -0.497 e. The van der Waals surface area contributed by atoms with Crippen molar-refractivity contribution in [1.82, 2.24) is 9.88 Å². The molecule has 2 aromatic carbocycles. The van der Waals surface area contributed by atoms with Crippen LogP contribution in [0.4, 0.5) is 14.3 Å². The van der Waals surface area contributed by atoms with Crippen molar-refractivity contribution in [2.75, 3.05) is 19.5 Å². The zero-order valence-corrected chi connectivity index (χ0v) is 14.9. The van der Waals surface area contributed by atoms with Gasteiger partial charge in [-0.3, -0.25) is 5.32 Å². The van der Waals surface area contributed by atoms with Gasteiger partial charge < -0.3 is 9.64 Å². The number of hydrogen-bond donors (Lipinski definition) is 1. The third kappa shape index (κ3) is 3.56. The van der Waals surface area contributed by atoms with Crippen LogP contribution < -0.4 is 10.1 Å². The van der Waals surface area contributed by atoms with Crippen LogP contribution in [0.15, 0.2) is 42.5 Å². The van der Waals surface area contributed by atoms with Gasteiger partial charge in [-0.05, 0) is 31.2 Å². The van der Waals surface area contributed by atoms with Crippen LogP contribution in [0, 0.1) is 5.82 Å². The van der Waals surface area contributed by atoms with Gasteiger partial charge in [0, 0.05) is 12.6 Å². The molecule has 1 N–H and O–H groups in total. The number of carbonyl (C=O) groups excluding carboxylic acids is 1. The van der Waals surface area contributed by atoms with Gasteiger partial charge in [0.1, 0.15) is 11.6 Å². The van der Waals surface area contributed by atoms with Gasteiger partial charge >= 0.3 is 6.03 Å². The van der Waals surface area contributed by atoms with Crippen LogP contribution in [0.3, 0.4) is 0 Å². The highest BCUT2D eigenvalue weighted by Crippen LogP contribution is 2.30. The molecule has 0 saturated carbocycles. The number of rotatable bonds is 4. The van der Waals surface area contributed by atoms with E-state index < -0.39 is 6.04 Å². The van der Waals surface area contributed by atoms with Crippen molar-refractivity contribution in [2.24, 2.45) is 0 Å². The van der Waals surface area contributed by atoms with E-state index in [1.54, 1.807) is 39.3 Å². The second-order valence-electron chi connectivity index (χ2n) is 5.59. The molecular weight excluding hydrogens is 341 g/mol. The lowest BCUT2D eigenvalue weighted by atomic mass is 10.1. The molecule has 130 valence electrons. The summed E-state index contributed by atoms with van der Waals surface area (Å²) in [7, 11) is 3.23. The molecule has 0 spiro atoms. The summed E-state index contributed by atoms with van der Waals surface area (Å²) >= 11 is 1.36. The van der Waals surface area contributed by atoms with E-state index in [1.165, 1.54) is 22.3 Å². The fourth-order valence-corrected chi connectivity index (χ4v) is 3.35. The van der Waals surface area contributed by atoms with Crippen LogP contribution in [-0.4, -0.2) is 30.1 Å². The Morgan fingerprint density at radius 3 is 2.80 bits per heavy atom. The highest BCUT2D eigenvalue weighted by atomic mass is 32.1. The lowest BCUT2D eigenvalue weighted by Gasteiger charge is -2.25. The number of carbonyl (C=O) groups is 1. The molecule has 1 atom stereocenters. The zero-order valence-electron chi connectivity index (χ0n) is 14.1. The molecule has 2 amide bonds. The molecule has 0 radical (unpaired) electrons. The number of ether oxygens (including phenoxy) is 1. The first-order chi connectivity index (χ1) is 12.0. The molecule has 0 aliphatic rings. The van der Waals surface area contributed by atoms with Crippen LogP contribution >= 0.6 is 11.3 Å². The maximum Gasteiger partial charge on any atom is 0.323 e. The van der Waals surface area contributed by atoms with Crippen molar-refractivity contribution in [1.29, 1.82) is 0 Å². The summed E-state index contributed by atoms with van der Waals surface area (Å²) in [6, 6.07) is 11.2. The van der Waals surface area contributed by atoms with E-state index in [-0.39, 0.29) is 11.8 Å². The van der Waals surface area contributed by atoms with Crippen molar-refractivity contribution >= 4 is 32.7 Å². The number of nitrogens with one attached hydrogen (secondary N) is 1. The quantitative estimate of drug-likeness (QED) is 0.736. The topological polar surface area (TPSA) is 54.5 Å². The van der Waals surface area contributed by atoms with E-state index >= 15 is 0 Å². The molecule has 1 heterocycles. The molecule has 0 unspecified atom stereocenters. The molecule has 3 rings (SSSR count). The lowest BCUT2D eigenvalue weighted by Crippen LogP contribution is -2.33. The molecule has 7 heteroatoms. The molecule has 3 aromatic rings. The van der Waals surface area contributed by atoms with Gasteiger partial charge in [-0.15, -0.1) is 0 Å². The Morgan fingerprint density at radius 2 is 2.08 bits per heavy atom. The Morgan fingerprint density at radius 1 is 1.32 bits per heavy atom. The number of fused-ring (bicyclic) bond motifs is 1. The third-order valence-electron chi connectivity index (χ3n) is 4.07. The first kappa shape index (κ1) is 17.2. The Labute approximate surface area is 149 Å². The second-order valence-corrected chi connectivity index (χ2v) is 6.62. The highest BCUT2D eigenvalue weighted by molar-refractivity contribution is 7.22. The van der Waals surface area contributed by atoms with E-state index in [9.17, 15) is 9.18 Å². The molecule has 25 heavy (non-hydrogen) atoms. The summed E-state index contributed by atoms with van der Waals surface area (Å²) in [6.07, 6.45) is 0. The van der Waals surface area contributed by atoms with Crippen LogP contribution in [0.2, 0.25) is 0 Å². The molecular formula is C18H18FN3O2S. The van der Waals surface area contributed by atoms with E-state index in [1.807, 2.05) is 18.2 Å². The average Bonchev–Trinajstić information content (AvgIpc) is 3.01. The van der Waals surface area contributed by atoms with E-state index in [2.05, 4.69) is 10.3 Å². The zero-order chi connectivity index (χ0) is 18.0. The number of halogens is 1. The van der Waals surface area contributed by atoms with Crippen molar-refractivity contribution in [3.05, 3.63) is 53.8 Å². The molecule has 0 fully saturated rings. The number of nitrogens with zero attached hydrogens (tertiary/aromatic N) is 2. The van der Waals surface area contributed by atoms with Gasteiger partial charge in [-0.1, -0.05) is 29.5 Å². The van der Waals surface area contributed by atoms with Crippen LogP contribution in [0.1, 0.15) is 18.5 Å². The average molecular weight is 359 g/mol. The van der Waals surface area contributed by atoms with E-state index in [0.29, 0.717) is 10.7 Å². The fraction of sp³-hybridized carbons (Fsp3) is 0.222. The van der Waals surface area contributed by atoms with Gasteiger partial charge in [-0.25, -0.2) is 14.2 Å². The molecule has 0 saturated heterocycles. The van der Waals surface area contributed by atoms with Gasteiger partial charge in [0.25, 0.3) is 0 Å². The molecule has 0 bridgehead atoms. The van der Waals surface area contributed by atoms with Gasteiger partial charge in [0.15, 0.2) is 5.13 Å². The number of anilines is 1. The van der Waals surface area contributed by atoms with E-state index in [0.717, 1.165) is 16.0 Å². The van der Waals surface area contributed by atoms with Crippen molar-refractivity contribution in [3.8, 4) is 5.75 Å². The number of urea groups is 1. The largest absolute Gasteiger partial charge is 0.497 e. The van der Waals surface area contributed by atoms with Gasteiger partial charge in [0.05, 0.1) is 23.4 Å². The first-order valence-electron chi connectivity index (χ1n) is 7.72. The van der Waals surface area contributed by atoms with Gasteiger partial charge in [-0.2, -0.15) is 0 Å². The minimum atomic E-state index is -0.407. The monoisotopic (exact) mass is 359 g/mol. The summed E-state index contributed by atoms with van der Waals surface area (Å²) in [5.41, 5.74) is 1.25. The molecule has 5 nitrogen and oxygen atoms in total. The van der Waals surface area contributed by atoms with Crippen LogP contribution in [0.5, 0.6) is 5.75 Å². The SMILES string of the molecule is COc1ccc2nc(NC(=O)N(C)[C@H](C)c3ccccc3F)sc2c1. The predicted octanol–water partition coefficient (Wildman–Crippen LogP) is 4.67. The lowest BCUT2D eigenvalue weighted by molar-refractivity contribution is 0.207. The van der Waals surface area contributed by atoms with Crippen molar-refractivity contribution in [2.45, 2.75) is 13.0 Å². The summed E-state index contributed by atoms with van der Waals surface area (Å²) in [4.78, 5) is 18.3. The number of aromatic nitrogens is 1. The number of methoxy groups -OCH3 is 1. The standard InChI is InChI=1S/C18H18FN3O2S/c1-11(13-6-4-5-7-14(13)19)22(2)18(23)21-17-20-15-9-8-12(24-3)10-16(15)25-17/h4-11H,1-3H3,(H,20,21,23)/t11-/m1/s1. The Hall–Kier alpha value is -2.67. The van der Waals surface area contributed by atoms with E-state index in [4.69, 9.17) is 4.74 Å². The predicted molar refractivity (Wildman–Crippen MR) is 97.8 cm³/mol. The normalized spacial score (nSPS) is 12.0. The maximum absolute atomic E-state index is 13.9. The Balaban J connectivity index is 1.76. The summed E-state index contributed by atoms with van der Waals surface area (Å²) in [5.74, 6) is 0.404. The van der Waals surface area contributed by atoms with Crippen LogP contribution in [-0.2, 0) is 0 Å². The minimum absolute atomic E-state index is 0.332. The summed E-state index contributed by atoms with van der Waals surface area (Å²) < 4.78 is 20.0.